The summed E-state index contributed by atoms with van der Waals surface area (Å²) in [4.78, 5) is 21.1. The average Bonchev–Trinajstić information content (AvgIpc) is 2.48. The monoisotopic (exact) mass is 293 g/mol. The van der Waals surface area contributed by atoms with E-state index in [9.17, 15) is 0 Å². The van der Waals surface area contributed by atoms with Gasteiger partial charge in [-0.3, -0.25) is 0 Å². The summed E-state index contributed by atoms with van der Waals surface area (Å²) in [6.07, 6.45) is 7.13. The number of hydrogen-bond donors (Lipinski definition) is 0. The van der Waals surface area contributed by atoms with Gasteiger partial charge in [0.1, 0.15) is 14.2 Å². The second kappa shape index (κ2) is 12.8. The maximum absolute atomic E-state index is 5.61. The Labute approximate surface area is 121 Å². The van der Waals surface area contributed by atoms with E-state index in [4.69, 9.17) is 24.1 Å². The quantitative estimate of drug-likeness (QED) is 0.252. The van der Waals surface area contributed by atoms with Gasteiger partial charge in [0.2, 0.25) is 0 Å². The Hall–Kier alpha value is -1.21. The summed E-state index contributed by atoms with van der Waals surface area (Å²) in [5.41, 5.74) is 0. The van der Waals surface area contributed by atoms with Gasteiger partial charge in [-0.25, -0.2) is 0 Å². The lowest BCUT2D eigenvalue weighted by atomic mass is 10.1. The van der Waals surface area contributed by atoms with Gasteiger partial charge in [0.25, 0.3) is 0 Å². The Bertz CT molecular complexity index is 251. The van der Waals surface area contributed by atoms with Gasteiger partial charge >= 0.3 is 6.02 Å². The van der Waals surface area contributed by atoms with Gasteiger partial charge < -0.3 is 14.4 Å². The smallest absolute Gasteiger partial charge is 0.422 e. The van der Waals surface area contributed by atoms with Crippen LogP contribution in [0.15, 0.2) is 0 Å². The Morgan fingerprint density at radius 2 is 1.40 bits per heavy atom. The summed E-state index contributed by atoms with van der Waals surface area (Å²) in [6, 6.07) is 0.188. The van der Waals surface area contributed by atoms with Crippen molar-refractivity contribution >= 4 is 6.02 Å². The fourth-order valence-corrected chi connectivity index (χ4v) is 1.68. The van der Waals surface area contributed by atoms with Crippen LogP contribution in [0.5, 0.6) is 0 Å². The predicted molar refractivity (Wildman–Crippen MR) is 74.5 cm³/mol. The van der Waals surface area contributed by atoms with Crippen LogP contribution in [0.25, 0.3) is 0 Å². The molecule has 0 N–H and O–H groups in total. The van der Waals surface area contributed by atoms with Crippen molar-refractivity contribution in [2.24, 2.45) is 0 Å². The van der Waals surface area contributed by atoms with Gasteiger partial charge in [-0.1, -0.05) is 39.0 Å². The molecule has 0 aromatic heterocycles. The van der Waals surface area contributed by atoms with Crippen LogP contribution in [0.3, 0.4) is 0 Å². The molecule has 0 amide bonds. The van der Waals surface area contributed by atoms with E-state index in [0.29, 0.717) is 6.61 Å². The van der Waals surface area contributed by atoms with Crippen molar-refractivity contribution in [1.82, 2.24) is 5.23 Å². The molecule has 0 aliphatic carbocycles. The summed E-state index contributed by atoms with van der Waals surface area (Å²) in [7, 11) is 5.84. The summed E-state index contributed by atoms with van der Waals surface area (Å²) in [5.74, 6) is 0. The molecule has 0 spiro atoms. The third kappa shape index (κ3) is 7.40. The Balaban J connectivity index is 4.21. The van der Waals surface area contributed by atoms with E-state index >= 15 is 0 Å². The van der Waals surface area contributed by atoms with Gasteiger partial charge in [-0.2, -0.15) is 9.68 Å². The molecule has 120 valence electrons. The molecule has 0 aliphatic rings. The molecule has 0 rings (SSSR count). The highest BCUT2D eigenvalue weighted by Crippen LogP contribution is 2.06. The van der Waals surface area contributed by atoms with E-state index in [2.05, 4.69) is 6.92 Å². The second-order valence-electron chi connectivity index (χ2n) is 4.14. The second-order valence-corrected chi connectivity index (χ2v) is 4.14. The van der Waals surface area contributed by atoms with Gasteiger partial charge in [0.15, 0.2) is 4.90 Å². The molecule has 0 fully saturated rings. The molecular weight excluding hydrogens is 264 g/mol. The Morgan fingerprint density at radius 1 is 0.850 bits per heavy atom. The zero-order valence-electron chi connectivity index (χ0n) is 13.4. The number of hydrogen-bond acceptors (Lipinski definition) is 5. The van der Waals surface area contributed by atoms with Crippen molar-refractivity contribution in [3.8, 4) is 0 Å². The van der Waals surface area contributed by atoms with Gasteiger partial charge in [-0.15, -0.1) is 0 Å². The predicted octanol–water partition coefficient (Wildman–Crippen LogP) is 2.28. The minimum atomic E-state index is 0.188. The summed E-state index contributed by atoms with van der Waals surface area (Å²) < 4.78 is 5.61. The number of unbranched alkanes of at least 4 members (excludes halogenated alkanes) is 5. The number of hydroxylamine groups is 2. The van der Waals surface area contributed by atoms with Crippen molar-refractivity contribution < 1.29 is 29.0 Å². The molecule has 0 aliphatic heterocycles. The summed E-state index contributed by atoms with van der Waals surface area (Å²) >= 11 is 0. The van der Waals surface area contributed by atoms with Gasteiger partial charge in [0.05, 0.1) is 26.1 Å². The van der Waals surface area contributed by atoms with Crippen LogP contribution in [-0.2, 0) is 24.1 Å². The molecular formula is C13H29N2O5+. The van der Waals surface area contributed by atoms with Crippen molar-refractivity contribution in [3.05, 3.63) is 0 Å². The number of amidine groups is 1. The van der Waals surface area contributed by atoms with E-state index in [1.807, 2.05) is 0 Å². The van der Waals surface area contributed by atoms with Crippen LogP contribution in [0.2, 0.25) is 0 Å². The van der Waals surface area contributed by atoms with Crippen molar-refractivity contribution in [2.75, 3.05) is 35.0 Å². The first kappa shape index (κ1) is 18.8. The molecule has 0 saturated carbocycles. The van der Waals surface area contributed by atoms with E-state index < -0.39 is 0 Å². The molecule has 0 aromatic rings. The van der Waals surface area contributed by atoms with E-state index in [-0.39, 0.29) is 6.02 Å². The fraction of sp³-hybridized carbons (Fsp3) is 0.923. The first-order chi connectivity index (χ1) is 9.74. The van der Waals surface area contributed by atoms with Crippen LogP contribution in [-0.4, -0.2) is 51.2 Å². The molecule has 0 saturated heterocycles. The minimum Gasteiger partial charge on any atom is -0.422 e. The molecule has 0 radical (unpaired) electrons. The molecule has 0 atom stereocenters. The lowest BCUT2D eigenvalue weighted by Crippen LogP contribution is -2.38. The SMILES string of the molecule is CCCCCCCCOC(N(OC)OC)=[N+](OC)OC. The molecule has 0 aromatic carbocycles. The van der Waals surface area contributed by atoms with Crippen molar-refractivity contribution in [1.29, 1.82) is 0 Å². The highest BCUT2D eigenvalue weighted by Gasteiger charge is 2.31. The Kier molecular flexibility index (Phi) is 12.0. The van der Waals surface area contributed by atoms with Crippen molar-refractivity contribution in [2.45, 2.75) is 45.4 Å². The maximum atomic E-state index is 5.61. The van der Waals surface area contributed by atoms with Gasteiger partial charge in [0, 0.05) is 0 Å². The molecule has 0 bridgehead atoms. The molecule has 7 heteroatoms. The van der Waals surface area contributed by atoms with Crippen LogP contribution < -0.4 is 0 Å². The largest absolute Gasteiger partial charge is 0.593 e. The fourth-order valence-electron chi connectivity index (χ4n) is 1.68. The lowest BCUT2D eigenvalue weighted by molar-refractivity contribution is -0.965. The zero-order chi connectivity index (χ0) is 15.2. The summed E-state index contributed by atoms with van der Waals surface area (Å²) in [6.45, 7) is 2.74. The molecule has 20 heavy (non-hydrogen) atoms. The number of nitrogens with zero attached hydrogens (tertiary/aromatic N) is 2. The Morgan fingerprint density at radius 3 is 1.90 bits per heavy atom. The van der Waals surface area contributed by atoms with E-state index in [0.717, 1.165) is 23.0 Å². The maximum Gasteiger partial charge on any atom is 0.593 e. The third-order valence-electron chi connectivity index (χ3n) is 2.70. The topological polar surface area (TPSA) is 52.4 Å². The molecule has 0 heterocycles. The highest BCUT2D eigenvalue weighted by molar-refractivity contribution is 5.65. The van der Waals surface area contributed by atoms with E-state index in [1.165, 1.54) is 54.1 Å². The number of rotatable bonds is 11. The zero-order valence-corrected chi connectivity index (χ0v) is 13.4. The molecule has 7 nitrogen and oxygen atoms in total. The molecule has 0 unspecified atom stereocenters. The normalized spacial score (nSPS) is 10.1. The first-order valence-corrected chi connectivity index (χ1v) is 7.01. The standard InChI is InChI=1S/C13H29N2O5/c1-6-7-8-9-10-11-12-20-13(14(16-2)17-3)15(18-4)19-5/h6-12H2,1-5H3/q+1. The van der Waals surface area contributed by atoms with Crippen LogP contribution >= 0.6 is 0 Å². The summed E-state index contributed by atoms with van der Waals surface area (Å²) in [5, 5.41) is 1.07. The average molecular weight is 293 g/mol. The van der Waals surface area contributed by atoms with Crippen LogP contribution in [0.4, 0.5) is 0 Å². The number of ether oxygens (including phenoxy) is 1. The first-order valence-electron chi connectivity index (χ1n) is 7.01. The van der Waals surface area contributed by atoms with Crippen molar-refractivity contribution in [3.63, 3.8) is 0 Å². The van der Waals surface area contributed by atoms with Gasteiger partial charge in [-0.05, 0) is 6.42 Å². The third-order valence-corrected chi connectivity index (χ3v) is 2.70. The minimum absolute atomic E-state index is 0.188. The lowest BCUT2D eigenvalue weighted by Gasteiger charge is -2.12. The van der Waals surface area contributed by atoms with E-state index in [1.54, 1.807) is 0 Å². The van der Waals surface area contributed by atoms with Crippen LogP contribution in [0, 0.1) is 0 Å². The highest BCUT2D eigenvalue weighted by atomic mass is 17.0. The van der Waals surface area contributed by atoms with Crippen LogP contribution in [0.1, 0.15) is 45.4 Å².